The molecule has 0 heterocycles. The van der Waals surface area contributed by atoms with Gasteiger partial charge in [0.1, 0.15) is 0 Å². The van der Waals surface area contributed by atoms with Crippen molar-refractivity contribution in [3.8, 4) is 0 Å². The SMILES string of the molecule is [B]B=BB=BB=BB=BB=BB=BB=BB=BB=BB=BB=BB=BB=BB=BB=BB=BB=BB=BB=BB=BB=BB=BB=BB=BB=BOC. The fraction of sp³-hybridized carbons (Fsp3) is 1.00. The molecular formula is CH3B51O. The maximum atomic E-state index is 5.25. The van der Waals surface area contributed by atoms with E-state index in [2.05, 4.69) is 0 Å². The molecule has 0 amide bonds. The molecule has 0 aromatic rings. The van der Waals surface area contributed by atoms with Crippen LogP contribution < -0.4 is 0 Å². The molecule has 0 rings (SSSR count). The summed E-state index contributed by atoms with van der Waals surface area (Å²) in [7, 11) is 8.50. The molecule has 0 atom stereocenters. The third kappa shape index (κ3) is 55.1. The predicted molar refractivity (Wildman–Crippen MR) is 300 cm³/mol. The Morgan fingerprint density at radius 2 is 0.302 bits per heavy atom. The Balaban J connectivity index is 4.06. The Bertz CT molecular complexity index is 1670. The molecule has 0 saturated carbocycles. The van der Waals surface area contributed by atoms with E-state index in [9.17, 15) is 0 Å². The average Bonchev–Trinajstić information content (AvgIpc) is 3.17. The second-order valence-corrected chi connectivity index (χ2v) is 9.80. The van der Waals surface area contributed by atoms with Crippen molar-refractivity contribution < 1.29 is 4.65 Å². The fourth-order valence-corrected chi connectivity index (χ4v) is 3.14. The Labute approximate surface area is 351 Å². The van der Waals surface area contributed by atoms with Crippen LogP contribution >= 0.6 is 0 Å². The van der Waals surface area contributed by atoms with Crippen molar-refractivity contribution in [3.63, 3.8) is 0 Å². The van der Waals surface area contributed by atoms with Crippen LogP contribution in [0.2, 0.25) is 0 Å². The van der Waals surface area contributed by atoms with Gasteiger partial charge in [-0.1, -0.05) is 0 Å². The summed E-state index contributed by atoms with van der Waals surface area (Å²) in [6, 6.07) is 0. The Kier molecular flexibility index (Phi) is 58.3. The van der Waals surface area contributed by atoms with Gasteiger partial charge in [0.05, 0.1) is 0 Å². The molecule has 0 aliphatic carbocycles. The van der Waals surface area contributed by atoms with Gasteiger partial charge < -0.3 is 0 Å². The molecule has 0 aromatic carbocycles. The summed E-state index contributed by atoms with van der Waals surface area (Å²) in [6.45, 7) is 96.2. The summed E-state index contributed by atoms with van der Waals surface area (Å²) in [4.78, 5) is 0. The van der Waals surface area contributed by atoms with Gasteiger partial charge in [-0.05, 0) is 0 Å². The van der Waals surface area contributed by atoms with Gasteiger partial charge in [0.2, 0.25) is 0 Å². The predicted octanol–water partition coefficient (Wildman–Crippen LogP) is -19.3. The molecule has 0 N–H and O–H groups in total. The zero-order chi connectivity index (χ0) is 38.1. The first-order valence-corrected chi connectivity index (χ1v) is 17.3. The molecule has 0 bridgehead atoms. The van der Waals surface area contributed by atoms with Gasteiger partial charge in [-0.25, -0.2) is 0 Å². The quantitative estimate of drug-likeness (QED) is 0.0974. The third-order valence-corrected chi connectivity index (χ3v) is 5.55. The molecule has 0 aliphatic rings. The molecule has 53 heavy (non-hydrogen) atoms. The van der Waals surface area contributed by atoms with Crippen molar-refractivity contribution in [3.05, 3.63) is 0 Å². The van der Waals surface area contributed by atoms with Gasteiger partial charge in [-0.2, -0.15) is 0 Å². The van der Waals surface area contributed by atoms with Crippen molar-refractivity contribution in [1.82, 2.24) is 0 Å². The summed E-state index contributed by atoms with van der Waals surface area (Å²) in [5.41, 5.74) is 0. The summed E-state index contributed by atoms with van der Waals surface area (Å²) in [6.07, 6.45) is 0. The molecule has 52 heteroatoms. The van der Waals surface area contributed by atoms with Gasteiger partial charge in [-0.3, -0.25) is 0 Å². The molecule has 0 saturated heterocycles. The molecule has 0 fully saturated rings. The van der Waals surface area contributed by atoms with Crippen molar-refractivity contribution in [2.45, 2.75) is 0 Å². The van der Waals surface area contributed by atoms with Gasteiger partial charge in [0, 0.05) is 0 Å². The van der Waals surface area contributed by atoms with Crippen LogP contribution in [0.15, 0.2) is 0 Å². The Hall–Kier alpha value is 3.11. The van der Waals surface area contributed by atoms with E-state index in [-0.39, 0.29) is 0 Å². The van der Waals surface area contributed by atoms with Gasteiger partial charge in [-0.15, -0.1) is 0 Å². The minimum absolute atomic E-state index is 1.50. The minimum atomic E-state index is 1.50. The van der Waals surface area contributed by atoms with E-state index >= 15 is 0 Å². The van der Waals surface area contributed by atoms with Gasteiger partial charge in [0.15, 0.2) is 0 Å². The average molecular weight is 582 g/mol. The molecule has 2 radical (unpaired) electrons. The van der Waals surface area contributed by atoms with Crippen molar-refractivity contribution >= 4 is 343 Å². The number of rotatable bonds is 25. The second-order valence-electron chi connectivity index (χ2n) is 9.80. The second kappa shape index (κ2) is 55.1. The van der Waals surface area contributed by atoms with E-state index in [1.807, 2.05) is 315 Å². The number of hydrogen-bond donors (Lipinski definition) is 0. The Morgan fingerprint density at radius 3 is 0.415 bits per heavy atom. The monoisotopic (exact) mass is 592 g/mol. The standard InChI is InChI=1S/CH3B51O/c1-53-52-51-50-49-48-47-46-45-44-43-42-41-40-39-38-37-36-35-34-33-32-31-30-29-28-27-26-25-24-23-22-21-20-19-18-17-16-15-14-13-12-11-10-9-8-7-6-5-4-3-2/h1H3. The third-order valence-electron chi connectivity index (χ3n) is 5.55. The summed E-state index contributed by atoms with van der Waals surface area (Å²) in [5, 5.41) is 0. The van der Waals surface area contributed by atoms with Crippen LogP contribution in [0, 0.1) is 0 Å². The molecule has 0 spiro atoms. The van der Waals surface area contributed by atoms with Crippen LogP contribution in [0.4, 0.5) is 0 Å². The first-order valence-electron chi connectivity index (χ1n) is 17.3. The summed E-state index contributed by atoms with van der Waals surface area (Å²) >= 11 is 0. The maximum absolute atomic E-state index is 5.25. The molecule has 1 nitrogen and oxygen atoms in total. The summed E-state index contributed by atoms with van der Waals surface area (Å²) in [5.74, 6) is 0. The van der Waals surface area contributed by atoms with E-state index in [0.717, 1.165) is 0 Å². The normalized spacial score (nSPS) is 7.79. The van der Waals surface area contributed by atoms with E-state index in [1.165, 1.54) is 6.69 Å². The van der Waals surface area contributed by atoms with E-state index < -0.39 is 0 Å². The van der Waals surface area contributed by atoms with Crippen molar-refractivity contribution in [2.75, 3.05) is 7.11 Å². The van der Waals surface area contributed by atoms with E-state index in [4.69, 9.17) is 12.4 Å². The van der Waals surface area contributed by atoms with E-state index in [0.29, 0.717) is 0 Å². The van der Waals surface area contributed by atoms with Crippen LogP contribution in [0.25, 0.3) is 0 Å². The Morgan fingerprint density at radius 1 is 0.189 bits per heavy atom. The van der Waals surface area contributed by atoms with E-state index in [1.54, 1.807) is 20.8 Å². The fourth-order valence-electron chi connectivity index (χ4n) is 3.14. The zero-order valence-corrected chi connectivity index (χ0v) is 30.9. The van der Waals surface area contributed by atoms with Gasteiger partial charge >= 0.3 is 354 Å². The van der Waals surface area contributed by atoms with Crippen LogP contribution in [0.5, 0.6) is 0 Å². The topological polar surface area (TPSA) is 9.23 Å². The summed E-state index contributed by atoms with van der Waals surface area (Å²) < 4.78 is 4.81. The molecule has 0 unspecified atom stereocenters. The zero-order valence-electron chi connectivity index (χ0n) is 30.9. The van der Waals surface area contributed by atoms with Crippen LogP contribution in [-0.4, -0.2) is 350 Å². The molecule has 0 aromatic heterocycles. The number of hydrogen-bond acceptors (Lipinski definition) is 1. The van der Waals surface area contributed by atoms with Crippen LogP contribution in [0.1, 0.15) is 0 Å². The van der Waals surface area contributed by atoms with Gasteiger partial charge in [0.25, 0.3) is 0 Å². The van der Waals surface area contributed by atoms with Crippen molar-refractivity contribution in [2.24, 2.45) is 0 Å². The molecule has 0 aliphatic heterocycles. The molecular weight excluding hydrogens is 579 g/mol. The van der Waals surface area contributed by atoms with Crippen LogP contribution in [0.3, 0.4) is 0 Å². The first kappa shape index (κ1) is 56.1. The molecule has 166 valence electrons. The first-order chi connectivity index (χ1) is 26.4. The van der Waals surface area contributed by atoms with Crippen molar-refractivity contribution in [1.29, 1.82) is 0 Å². The van der Waals surface area contributed by atoms with Crippen LogP contribution in [-0.2, 0) is 4.65 Å².